The van der Waals surface area contributed by atoms with Crippen molar-refractivity contribution in [2.24, 2.45) is 0 Å². The van der Waals surface area contributed by atoms with Crippen LogP contribution < -0.4 is 15.5 Å². The van der Waals surface area contributed by atoms with Gasteiger partial charge in [0, 0.05) is 43.4 Å². The van der Waals surface area contributed by atoms with E-state index in [1.807, 2.05) is 25.1 Å². The van der Waals surface area contributed by atoms with Crippen LogP contribution in [0.3, 0.4) is 0 Å². The molecule has 0 spiro atoms. The van der Waals surface area contributed by atoms with E-state index >= 15 is 0 Å². The zero-order chi connectivity index (χ0) is 18.2. The molecule has 134 valence electrons. The molecule has 2 N–H and O–H groups in total. The summed E-state index contributed by atoms with van der Waals surface area (Å²) in [6.07, 6.45) is 4.34. The van der Waals surface area contributed by atoms with Crippen molar-refractivity contribution in [2.45, 2.75) is 34.1 Å². The van der Waals surface area contributed by atoms with E-state index in [1.54, 1.807) is 12.4 Å². The molecular weight excluding hydrogens is 312 g/mol. The maximum atomic E-state index is 12.5. The fourth-order valence-corrected chi connectivity index (χ4v) is 2.70. The molecule has 1 aromatic heterocycles. The Kier molecular flexibility index (Phi) is 6.81. The van der Waals surface area contributed by atoms with Crippen LogP contribution in [0.5, 0.6) is 0 Å². The Hall–Kier alpha value is -2.56. The number of aromatic nitrogens is 1. The molecule has 5 heteroatoms. The van der Waals surface area contributed by atoms with Gasteiger partial charge in [-0.15, -0.1) is 0 Å². The van der Waals surface area contributed by atoms with Gasteiger partial charge in [0.25, 0.3) is 5.91 Å². The van der Waals surface area contributed by atoms with E-state index < -0.39 is 0 Å². The number of nitrogens with one attached hydrogen (secondary N) is 2. The van der Waals surface area contributed by atoms with Gasteiger partial charge in [-0.2, -0.15) is 0 Å². The Morgan fingerprint density at radius 3 is 2.52 bits per heavy atom. The van der Waals surface area contributed by atoms with Gasteiger partial charge in [0.05, 0.1) is 11.3 Å². The largest absolute Gasteiger partial charge is 0.384 e. The summed E-state index contributed by atoms with van der Waals surface area (Å²) in [6.45, 7) is 11.2. The molecule has 0 saturated carbocycles. The van der Waals surface area contributed by atoms with Gasteiger partial charge in [0.2, 0.25) is 0 Å². The Morgan fingerprint density at radius 2 is 1.88 bits per heavy atom. The monoisotopic (exact) mass is 340 g/mol. The molecule has 0 radical (unpaired) electrons. The summed E-state index contributed by atoms with van der Waals surface area (Å²) in [4.78, 5) is 19.0. The van der Waals surface area contributed by atoms with Crippen molar-refractivity contribution in [3.8, 4) is 0 Å². The van der Waals surface area contributed by atoms with E-state index in [4.69, 9.17) is 0 Å². The molecular formula is C20H28N4O. The number of rotatable bonds is 8. The van der Waals surface area contributed by atoms with Crippen molar-refractivity contribution in [2.75, 3.05) is 35.2 Å². The highest BCUT2D eigenvalue weighted by atomic mass is 16.1. The quantitative estimate of drug-likeness (QED) is 0.752. The van der Waals surface area contributed by atoms with Crippen LogP contribution in [-0.4, -0.2) is 30.5 Å². The molecule has 2 aromatic rings. The molecule has 25 heavy (non-hydrogen) atoms. The van der Waals surface area contributed by atoms with Crippen LogP contribution in [0.1, 0.15) is 43.1 Å². The van der Waals surface area contributed by atoms with Crippen LogP contribution in [0.25, 0.3) is 0 Å². The normalized spacial score (nSPS) is 10.4. The van der Waals surface area contributed by atoms with E-state index in [0.29, 0.717) is 5.56 Å². The molecule has 5 nitrogen and oxygen atoms in total. The van der Waals surface area contributed by atoms with Crippen LogP contribution in [-0.2, 0) is 0 Å². The summed E-state index contributed by atoms with van der Waals surface area (Å²) in [5.41, 5.74) is 4.46. The first-order chi connectivity index (χ1) is 12.1. The minimum absolute atomic E-state index is 0.147. The number of nitrogens with zero attached hydrogens (tertiary/aromatic N) is 2. The van der Waals surface area contributed by atoms with Crippen molar-refractivity contribution in [3.63, 3.8) is 0 Å². The number of carbonyl (C=O) groups excluding carboxylic acids is 1. The van der Waals surface area contributed by atoms with Gasteiger partial charge in [-0.3, -0.25) is 9.78 Å². The molecule has 0 atom stereocenters. The minimum atomic E-state index is -0.147. The zero-order valence-electron chi connectivity index (χ0n) is 15.6. The average molecular weight is 340 g/mol. The Bertz CT molecular complexity index is 711. The highest BCUT2D eigenvalue weighted by Gasteiger charge is 2.10. The third-order valence-corrected chi connectivity index (χ3v) is 4.17. The SMILES string of the molecule is CCCNc1cncc(C(=O)Nc2ccc(N(CC)CC)cc2C)c1. The first-order valence-corrected chi connectivity index (χ1v) is 8.94. The lowest BCUT2D eigenvalue weighted by molar-refractivity contribution is 0.102. The van der Waals surface area contributed by atoms with Gasteiger partial charge in [0.1, 0.15) is 0 Å². The van der Waals surface area contributed by atoms with Gasteiger partial charge < -0.3 is 15.5 Å². The van der Waals surface area contributed by atoms with Crippen LogP contribution in [0.4, 0.5) is 17.1 Å². The van der Waals surface area contributed by atoms with Gasteiger partial charge in [0.15, 0.2) is 0 Å². The maximum Gasteiger partial charge on any atom is 0.257 e. The molecule has 0 aliphatic rings. The predicted molar refractivity (Wildman–Crippen MR) is 106 cm³/mol. The molecule has 2 rings (SSSR count). The van der Waals surface area contributed by atoms with Gasteiger partial charge in [-0.1, -0.05) is 6.92 Å². The van der Waals surface area contributed by atoms with Crippen molar-refractivity contribution in [3.05, 3.63) is 47.8 Å². The summed E-state index contributed by atoms with van der Waals surface area (Å²) in [7, 11) is 0. The minimum Gasteiger partial charge on any atom is -0.384 e. The highest BCUT2D eigenvalue weighted by Crippen LogP contribution is 2.23. The van der Waals surface area contributed by atoms with Gasteiger partial charge in [-0.25, -0.2) is 0 Å². The van der Waals surface area contributed by atoms with Crippen molar-refractivity contribution >= 4 is 23.0 Å². The topological polar surface area (TPSA) is 57.3 Å². The van der Waals surface area contributed by atoms with Crippen molar-refractivity contribution < 1.29 is 4.79 Å². The number of benzene rings is 1. The van der Waals surface area contributed by atoms with E-state index in [9.17, 15) is 4.79 Å². The fraction of sp³-hybridized carbons (Fsp3) is 0.400. The second kappa shape index (κ2) is 9.06. The zero-order valence-corrected chi connectivity index (χ0v) is 15.6. The summed E-state index contributed by atoms with van der Waals surface area (Å²) in [5.74, 6) is -0.147. The lowest BCUT2D eigenvalue weighted by Gasteiger charge is -2.22. The second-order valence-corrected chi connectivity index (χ2v) is 6.01. The summed E-state index contributed by atoms with van der Waals surface area (Å²) in [5, 5.41) is 6.24. The van der Waals surface area contributed by atoms with Crippen molar-refractivity contribution in [1.82, 2.24) is 4.98 Å². The molecule has 0 aliphatic carbocycles. The number of pyridine rings is 1. The van der Waals surface area contributed by atoms with E-state index in [0.717, 1.165) is 43.0 Å². The van der Waals surface area contributed by atoms with Crippen molar-refractivity contribution in [1.29, 1.82) is 0 Å². The highest BCUT2D eigenvalue weighted by molar-refractivity contribution is 6.05. The van der Waals surface area contributed by atoms with Gasteiger partial charge >= 0.3 is 0 Å². The van der Waals surface area contributed by atoms with Crippen LogP contribution in [0.2, 0.25) is 0 Å². The first kappa shape index (κ1) is 18.8. The maximum absolute atomic E-state index is 12.5. The lowest BCUT2D eigenvalue weighted by atomic mass is 10.1. The number of aryl methyl sites for hydroxylation is 1. The number of amides is 1. The number of hydrogen-bond donors (Lipinski definition) is 2. The van der Waals surface area contributed by atoms with Crippen LogP contribution >= 0.6 is 0 Å². The molecule has 0 fully saturated rings. The standard InChI is InChI=1S/C20H28N4O/c1-5-10-22-17-12-16(13-21-14-17)20(25)23-19-9-8-18(11-15(19)4)24(6-2)7-3/h8-9,11-14,22H,5-7,10H2,1-4H3,(H,23,25). The molecule has 0 saturated heterocycles. The van der Waals surface area contributed by atoms with E-state index in [-0.39, 0.29) is 5.91 Å². The summed E-state index contributed by atoms with van der Waals surface area (Å²) in [6, 6.07) is 7.96. The smallest absolute Gasteiger partial charge is 0.257 e. The molecule has 0 aliphatic heterocycles. The van der Waals surface area contributed by atoms with E-state index in [2.05, 4.69) is 47.4 Å². The summed E-state index contributed by atoms with van der Waals surface area (Å²) >= 11 is 0. The number of hydrogen-bond acceptors (Lipinski definition) is 4. The molecule has 1 aromatic carbocycles. The van der Waals surface area contributed by atoms with Gasteiger partial charge in [-0.05, 0) is 57.0 Å². The molecule has 1 heterocycles. The average Bonchev–Trinajstić information content (AvgIpc) is 2.63. The fourth-order valence-electron chi connectivity index (χ4n) is 2.70. The third kappa shape index (κ3) is 4.95. The van der Waals surface area contributed by atoms with Crippen LogP contribution in [0.15, 0.2) is 36.7 Å². The van der Waals surface area contributed by atoms with E-state index in [1.165, 1.54) is 5.69 Å². The number of carbonyl (C=O) groups is 1. The second-order valence-electron chi connectivity index (χ2n) is 6.01. The lowest BCUT2D eigenvalue weighted by Crippen LogP contribution is -2.22. The number of anilines is 3. The first-order valence-electron chi connectivity index (χ1n) is 8.94. The predicted octanol–water partition coefficient (Wildman–Crippen LogP) is 4.31. The Labute approximate surface area is 150 Å². The molecule has 1 amide bonds. The molecule has 0 bridgehead atoms. The Morgan fingerprint density at radius 1 is 1.12 bits per heavy atom. The third-order valence-electron chi connectivity index (χ3n) is 4.17. The van der Waals surface area contributed by atoms with Crippen LogP contribution in [0, 0.1) is 6.92 Å². The summed E-state index contributed by atoms with van der Waals surface area (Å²) < 4.78 is 0. The Balaban J connectivity index is 2.12. The molecule has 0 unspecified atom stereocenters.